The minimum Gasteiger partial charge on any atom is -0.369 e. The van der Waals surface area contributed by atoms with Crippen molar-refractivity contribution in [3.63, 3.8) is 0 Å². The molecule has 26 heavy (non-hydrogen) atoms. The molecule has 3 rings (SSSR count). The van der Waals surface area contributed by atoms with Crippen molar-refractivity contribution in [3.05, 3.63) is 58.1 Å². The van der Waals surface area contributed by atoms with E-state index in [2.05, 4.69) is 21.2 Å². The molecule has 1 N–H and O–H groups in total. The van der Waals surface area contributed by atoms with Gasteiger partial charge in [-0.25, -0.2) is 0 Å². The first-order valence-corrected chi connectivity index (χ1v) is 9.51. The minimum absolute atomic E-state index is 0.00780. The molecule has 138 valence electrons. The summed E-state index contributed by atoms with van der Waals surface area (Å²) in [4.78, 5) is 17.1. The molecule has 1 amide bonds. The Labute approximate surface area is 164 Å². The highest BCUT2D eigenvalue weighted by molar-refractivity contribution is 6.31. The van der Waals surface area contributed by atoms with Crippen molar-refractivity contribution in [2.24, 2.45) is 0 Å². The Kier molecular flexibility index (Phi) is 6.07. The van der Waals surface area contributed by atoms with Crippen LogP contribution < -0.4 is 10.2 Å². The number of hydrogen-bond donors (Lipinski definition) is 1. The van der Waals surface area contributed by atoms with E-state index in [-0.39, 0.29) is 11.9 Å². The maximum Gasteiger partial charge on any atom is 0.241 e. The largest absolute Gasteiger partial charge is 0.369 e. The van der Waals surface area contributed by atoms with Gasteiger partial charge in [-0.3, -0.25) is 9.69 Å². The first-order valence-electron chi connectivity index (χ1n) is 8.75. The topological polar surface area (TPSA) is 35.6 Å². The first-order chi connectivity index (χ1) is 12.4. The fraction of sp³-hybridized carbons (Fsp3) is 0.350. The Bertz CT molecular complexity index is 788. The number of carbonyl (C=O) groups excluding carboxylic acids is 1. The van der Waals surface area contributed by atoms with Gasteiger partial charge >= 0.3 is 0 Å². The average molecular weight is 392 g/mol. The van der Waals surface area contributed by atoms with Gasteiger partial charge in [0.05, 0.1) is 6.04 Å². The number of benzene rings is 2. The lowest BCUT2D eigenvalue weighted by Crippen LogP contribution is -2.52. The second kappa shape index (κ2) is 8.30. The number of nitrogens with one attached hydrogen (secondary N) is 1. The van der Waals surface area contributed by atoms with Crippen LogP contribution in [0.5, 0.6) is 0 Å². The van der Waals surface area contributed by atoms with E-state index in [1.54, 1.807) is 6.07 Å². The van der Waals surface area contributed by atoms with Gasteiger partial charge in [-0.1, -0.05) is 35.3 Å². The Balaban J connectivity index is 1.58. The highest BCUT2D eigenvalue weighted by atomic mass is 35.5. The average Bonchev–Trinajstić information content (AvgIpc) is 2.64. The van der Waals surface area contributed by atoms with E-state index in [4.69, 9.17) is 23.2 Å². The van der Waals surface area contributed by atoms with Crippen LogP contribution in [0.4, 0.5) is 11.4 Å². The molecule has 1 heterocycles. The van der Waals surface area contributed by atoms with E-state index < -0.39 is 0 Å². The summed E-state index contributed by atoms with van der Waals surface area (Å²) >= 11 is 12.1. The van der Waals surface area contributed by atoms with Crippen LogP contribution in [-0.4, -0.2) is 43.0 Å². The lowest BCUT2D eigenvalue weighted by molar-refractivity contribution is -0.120. The number of amides is 1. The van der Waals surface area contributed by atoms with E-state index in [0.717, 1.165) is 48.1 Å². The third-order valence-electron chi connectivity index (χ3n) is 4.87. The standard InChI is InChI=1S/C20H23Cl2N3O/c1-14-6-7-17(22)13-19(14)23-20(26)15(2)24-8-10-25(11-9-24)18-5-3-4-16(21)12-18/h3-7,12-13,15H,8-11H2,1-2H3,(H,23,26)/t15-/m1/s1. The molecule has 0 radical (unpaired) electrons. The van der Waals surface area contributed by atoms with Crippen LogP contribution in [0.2, 0.25) is 10.0 Å². The van der Waals surface area contributed by atoms with E-state index in [9.17, 15) is 4.79 Å². The molecule has 1 fully saturated rings. The van der Waals surface area contributed by atoms with Crippen LogP contribution in [0.3, 0.4) is 0 Å². The van der Waals surface area contributed by atoms with E-state index in [1.165, 1.54) is 0 Å². The highest BCUT2D eigenvalue weighted by Gasteiger charge is 2.26. The second-order valence-electron chi connectivity index (χ2n) is 6.63. The van der Waals surface area contributed by atoms with Crippen molar-refractivity contribution in [1.29, 1.82) is 0 Å². The zero-order chi connectivity index (χ0) is 18.7. The van der Waals surface area contributed by atoms with Crippen LogP contribution in [0.25, 0.3) is 0 Å². The molecule has 6 heteroatoms. The summed E-state index contributed by atoms with van der Waals surface area (Å²) in [7, 11) is 0. The molecular weight excluding hydrogens is 369 g/mol. The number of nitrogens with zero attached hydrogens (tertiary/aromatic N) is 2. The lowest BCUT2D eigenvalue weighted by Gasteiger charge is -2.38. The molecule has 2 aromatic carbocycles. The van der Waals surface area contributed by atoms with Crippen LogP contribution in [0.1, 0.15) is 12.5 Å². The summed E-state index contributed by atoms with van der Waals surface area (Å²) in [5.41, 5.74) is 2.90. The molecule has 0 aliphatic carbocycles. The van der Waals surface area contributed by atoms with Gasteiger partial charge in [0.2, 0.25) is 5.91 Å². The second-order valence-corrected chi connectivity index (χ2v) is 7.50. The molecule has 1 aliphatic rings. The van der Waals surface area contributed by atoms with Crippen molar-refractivity contribution in [1.82, 2.24) is 4.90 Å². The molecule has 0 bridgehead atoms. The third-order valence-corrected chi connectivity index (χ3v) is 5.34. The molecule has 2 aromatic rings. The van der Waals surface area contributed by atoms with E-state index in [0.29, 0.717) is 5.02 Å². The van der Waals surface area contributed by atoms with E-state index >= 15 is 0 Å². The monoisotopic (exact) mass is 391 g/mol. The Morgan fingerprint density at radius 1 is 1.04 bits per heavy atom. The van der Waals surface area contributed by atoms with Crippen LogP contribution >= 0.6 is 23.2 Å². The highest BCUT2D eigenvalue weighted by Crippen LogP contribution is 2.23. The van der Waals surface area contributed by atoms with Gasteiger partial charge in [0.15, 0.2) is 0 Å². The number of halogens is 2. The summed E-state index contributed by atoms with van der Waals surface area (Å²) < 4.78 is 0. The maximum atomic E-state index is 12.6. The smallest absolute Gasteiger partial charge is 0.241 e. The van der Waals surface area contributed by atoms with Crippen LogP contribution in [0, 0.1) is 6.92 Å². The van der Waals surface area contributed by atoms with Gasteiger partial charge in [-0.05, 0) is 49.7 Å². The summed E-state index contributed by atoms with van der Waals surface area (Å²) in [5, 5.41) is 4.37. The number of rotatable bonds is 4. The molecule has 1 aliphatic heterocycles. The Hall–Kier alpha value is -1.75. The van der Waals surface area contributed by atoms with Crippen molar-refractivity contribution >= 4 is 40.5 Å². The fourth-order valence-electron chi connectivity index (χ4n) is 3.17. The van der Waals surface area contributed by atoms with Crippen molar-refractivity contribution in [2.75, 3.05) is 36.4 Å². The Morgan fingerprint density at radius 2 is 1.73 bits per heavy atom. The molecule has 1 atom stereocenters. The third kappa shape index (κ3) is 4.50. The van der Waals surface area contributed by atoms with Crippen LogP contribution in [0.15, 0.2) is 42.5 Å². The van der Waals surface area contributed by atoms with Crippen LogP contribution in [-0.2, 0) is 4.79 Å². The van der Waals surface area contributed by atoms with Crippen molar-refractivity contribution < 1.29 is 4.79 Å². The predicted molar refractivity (Wildman–Crippen MR) is 110 cm³/mol. The van der Waals surface area contributed by atoms with E-state index in [1.807, 2.05) is 44.2 Å². The normalized spacial score (nSPS) is 16.4. The van der Waals surface area contributed by atoms with Gasteiger partial charge in [-0.2, -0.15) is 0 Å². The Morgan fingerprint density at radius 3 is 2.42 bits per heavy atom. The predicted octanol–water partition coefficient (Wildman–Crippen LogP) is 4.45. The van der Waals surface area contributed by atoms with Crippen molar-refractivity contribution in [2.45, 2.75) is 19.9 Å². The molecule has 0 saturated carbocycles. The van der Waals surface area contributed by atoms with Gasteiger partial charge in [0.25, 0.3) is 0 Å². The van der Waals surface area contributed by atoms with Gasteiger partial charge in [-0.15, -0.1) is 0 Å². The molecule has 0 aromatic heterocycles. The lowest BCUT2D eigenvalue weighted by atomic mass is 10.1. The first kappa shape index (κ1) is 19.0. The summed E-state index contributed by atoms with van der Waals surface area (Å²) in [5.74, 6) is -0.00780. The van der Waals surface area contributed by atoms with Gasteiger partial charge in [0.1, 0.15) is 0 Å². The molecule has 1 saturated heterocycles. The number of carbonyl (C=O) groups is 1. The zero-order valence-electron chi connectivity index (χ0n) is 15.0. The summed E-state index contributed by atoms with van der Waals surface area (Å²) in [6.45, 7) is 7.30. The number of anilines is 2. The minimum atomic E-state index is -0.199. The number of piperazine rings is 1. The number of hydrogen-bond acceptors (Lipinski definition) is 3. The number of aryl methyl sites for hydroxylation is 1. The summed E-state index contributed by atoms with van der Waals surface area (Å²) in [6.07, 6.45) is 0. The molecule has 0 spiro atoms. The maximum absolute atomic E-state index is 12.6. The fourth-order valence-corrected chi connectivity index (χ4v) is 3.53. The van der Waals surface area contributed by atoms with Crippen molar-refractivity contribution in [3.8, 4) is 0 Å². The summed E-state index contributed by atoms with van der Waals surface area (Å²) in [6, 6.07) is 13.2. The molecular formula is C20H23Cl2N3O. The quantitative estimate of drug-likeness (QED) is 0.835. The zero-order valence-corrected chi connectivity index (χ0v) is 16.5. The van der Waals surface area contributed by atoms with Gasteiger partial charge < -0.3 is 10.2 Å². The molecule has 0 unspecified atom stereocenters. The van der Waals surface area contributed by atoms with Gasteiger partial charge in [0, 0.05) is 47.6 Å². The molecule has 4 nitrogen and oxygen atoms in total. The SMILES string of the molecule is Cc1ccc(Cl)cc1NC(=O)[C@@H](C)N1CCN(c2cccc(Cl)c2)CC1.